The summed E-state index contributed by atoms with van der Waals surface area (Å²) >= 11 is 0. The first-order valence-electron chi connectivity index (χ1n) is 5.39. The molecule has 6 heteroatoms. The van der Waals surface area contributed by atoms with Crippen LogP contribution in [-0.2, 0) is 9.59 Å². The van der Waals surface area contributed by atoms with E-state index in [1.165, 1.54) is 0 Å². The summed E-state index contributed by atoms with van der Waals surface area (Å²) in [7, 11) is 0. The van der Waals surface area contributed by atoms with Gasteiger partial charge in [-0.2, -0.15) is 0 Å². The van der Waals surface area contributed by atoms with Crippen molar-refractivity contribution in [1.82, 2.24) is 10.6 Å². The predicted molar refractivity (Wildman–Crippen MR) is 62.1 cm³/mol. The zero-order chi connectivity index (χ0) is 12.8. The lowest BCUT2D eigenvalue weighted by atomic mass is 10.2. The van der Waals surface area contributed by atoms with Crippen molar-refractivity contribution >= 4 is 11.8 Å². The molecule has 94 valence electrons. The standard InChI is InChI=1S/C11H17N3O3/c1-7-3-4-9(17-7)8(2)14-11(16)10(15)13-6-5-12/h3-4,8H,5-6,12H2,1-2H3,(H,13,15)(H,14,16). The summed E-state index contributed by atoms with van der Waals surface area (Å²) in [6.45, 7) is 4.13. The zero-order valence-electron chi connectivity index (χ0n) is 9.95. The number of hydrogen-bond donors (Lipinski definition) is 3. The lowest BCUT2D eigenvalue weighted by Gasteiger charge is -2.11. The van der Waals surface area contributed by atoms with Gasteiger partial charge in [0.2, 0.25) is 0 Å². The number of rotatable bonds is 4. The van der Waals surface area contributed by atoms with Gasteiger partial charge in [0.05, 0.1) is 6.04 Å². The highest BCUT2D eigenvalue weighted by Gasteiger charge is 2.17. The van der Waals surface area contributed by atoms with Crippen LogP contribution < -0.4 is 16.4 Å². The first-order valence-corrected chi connectivity index (χ1v) is 5.39. The van der Waals surface area contributed by atoms with Gasteiger partial charge in [0, 0.05) is 13.1 Å². The zero-order valence-corrected chi connectivity index (χ0v) is 9.95. The number of nitrogens with one attached hydrogen (secondary N) is 2. The quantitative estimate of drug-likeness (QED) is 0.636. The van der Waals surface area contributed by atoms with Crippen LogP contribution in [0.5, 0.6) is 0 Å². The number of nitrogens with two attached hydrogens (primary N) is 1. The highest BCUT2D eigenvalue weighted by molar-refractivity contribution is 6.35. The summed E-state index contributed by atoms with van der Waals surface area (Å²) in [5, 5.41) is 4.92. The molecule has 0 aliphatic carbocycles. The minimum atomic E-state index is -0.694. The average Bonchev–Trinajstić information content (AvgIpc) is 2.72. The molecule has 1 unspecified atom stereocenters. The Balaban J connectivity index is 2.48. The number of aryl methyl sites for hydroxylation is 1. The maximum Gasteiger partial charge on any atom is 0.309 e. The maximum atomic E-state index is 11.4. The molecule has 1 heterocycles. The Labute approximate surface area is 99.5 Å². The molecule has 0 saturated carbocycles. The van der Waals surface area contributed by atoms with Gasteiger partial charge in [-0.15, -0.1) is 0 Å². The van der Waals surface area contributed by atoms with Crippen molar-refractivity contribution in [2.75, 3.05) is 13.1 Å². The van der Waals surface area contributed by atoms with Crippen molar-refractivity contribution in [2.45, 2.75) is 19.9 Å². The first-order chi connectivity index (χ1) is 8.04. The molecule has 2 amide bonds. The van der Waals surface area contributed by atoms with Gasteiger partial charge in [-0.3, -0.25) is 9.59 Å². The SMILES string of the molecule is Cc1ccc(C(C)NC(=O)C(=O)NCCN)o1. The van der Waals surface area contributed by atoms with Crippen LogP contribution in [0.4, 0.5) is 0 Å². The minimum absolute atomic E-state index is 0.278. The second kappa shape index (κ2) is 6.05. The molecule has 0 aliphatic rings. The van der Waals surface area contributed by atoms with Gasteiger partial charge >= 0.3 is 11.8 Å². The van der Waals surface area contributed by atoms with Crippen molar-refractivity contribution in [3.05, 3.63) is 23.7 Å². The highest BCUT2D eigenvalue weighted by atomic mass is 16.3. The fourth-order valence-corrected chi connectivity index (χ4v) is 1.29. The lowest BCUT2D eigenvalue weighted by Crippen LogP contribution is -2.42. The molecule has 0 fully saturated rings. The summed E-state index contributed by atoms with van der Waals surface area (Å²) in [4.78, 5) is 22.7. The molecule has 1 aromatic rings. The molecule has 1 aromatic heterocycles. The smallest absolute Gasteiger partial charge is 0.309 e. The Hall–Kier alpha value is -1.82. The van der Waals surface area contributed by atoms with Gasteiger partial charge < -0.3 is 20.8 Å². The monoisotopic (exact) mass is 239 g/mol. The molecular weight excluding hydrogens is 222 g/mol. The van der Waals surface area contributed by atoms with Crippen LogP contribution >= 0.6 is 0 Å². The Morgan fingerprint density at radius 3 is 2.65 bits per heavy atom. The van der Waals surface area contributed by atoms with Crippen molar-refractivity contribution in [1.29, 1.82) is 0 Å². The third kappa shape index (κ3) is 3.92. The Morgan fingerprint density at radius 2 is 2.12 bits per heavy atom. The van der Waals surface area contributed by atoms with Crippen LogP contribution in [0.3, 0.4) is 0 Å². The molecule has 0 aromatic carbocycles. The van der Waals surface area contributed by atoms with E-state index in [1.54, 1.807) is 19.1 Å². The second-order valence-electron chi connectivity index (χ2n) is 3.69. The fourth-order valence-electron chi connectivity index (χ4n) is 1.29. The van der Waals surface area contributed by atoms with Crippen LogP contribution in [0.2, 0.25) is 0 Å². The van der Waals surface area contributed by atoms with Crippen LogP contribution in [-0.4, -0.2) is 24.9 Å². The summed E-state index contributed by atoms with van der Waals surface area (Å²) in [5.41, 5.74) is 5.21. The number of carbonyl (C=O) groups is 2. The Bertz CT molecular complexity index is 400. The molecule has 17 heavy (non-hydrogen) atoms. The topological polar surface area (TPSA) is 97.4 Å². The predicted octanol–water partition coefficient (Wildman–Crippen LogP) is -0.160. The molecule has 0 radical (unpaired) electrons. The number of carbonyl (C=O) groups excluding carboxylic acids is 2. The van der Waals surface area contributed by atoms with Crippen LogP contribution in [0.1, 0.15) is 24.5 Å². The van der Waals surface area contributed by atoms with E-state index < -0.39 is 11.8 Å². The highest BCUT2D eigenvalue weighted by Crippen LogP contribution is 2.15. The number of hydrogen-bond acceptors (Lipinski definition) is 4. The maximum absolute atomic E-state index is 11.4. The summed E-state index contributed by atoms with van der Waals surface area (Å²) in [6, 6.07) is 3.21. The Morgan fingerprint density at radius 1 is 1.41 bits per heavy atom. The molecule has 4 N–H and O–H groups in total. The molecule has 1 atom stereocenters. The van der Waals surface area contributed by atoms with E-state index >= 15 is 0 Å². The van der Waals surface area contributed by atoms with Gasteiger partial charge in [0.15, 0.2) is 0 Å². The van der Waals surface area contributed by atoms with E-state index in [0.29, 0.717) is 12.3 Å². The molecule has 0 spiro atoms. The van der Waals surface area contributed by atoms with E-state index in [0.717, 1.165) is 5.76 Å². The van der Waals surface area contributed by atoms with E-state index in [1.807, 2.05) is 6.92 Å². The summed E-state index contributed by atoms with van der Waals surface area (Å²) in [6.07, 6.45) is 0. The molecule has 0 saturated heterocycles. The molecule has 0 aliphatic heterocycles. The van der Waals surface area contributed by atoms with E-state index in [4.69, 9.17) is 10.2 Å². The lowest BCUT2D eigenvalue weighted by molar-refractivity contribution is -0.139. The fraction of sp³-hybridized carbons (Fsp3) is 0.455. The van der Waals surface area contributed by atoms with Crippen molar-refractivity contribution < 1.29 is 14.0 Å². The molecule has 1 rings (SSSR count). The van der Waals surface area contributed by atoms with Gasteiger partial charge in [-0.05, 0) is 26.0 Å². The average molecular weight is 239 g/mol. The van der Waals surface area contributed by atoms with Crippen molar-refractivity contribution in [3.8, 4) is 0 Å². The van der Waals surface area contributed by atoms with Gasteiger partial charge in [0.25, 0.3) is 0 Å². The number of amides is 2. The molecule has 0 bridgehead atoms. The molecular formula is C11H17N3O3. The first kappa shape index (κ1) is 13.2. The van der Waals surface area contributed by atoms with Gasteiger partial charge in [-0.25, -0.2) is 0 Å². The van der Waals surface area contributed by atoms with E-state index in [2.05, 4.69) is 10.6 Å². The van der Waals surface area contributed by atoms with Crippen LogP contribution in [0, 0.1) is 6.92 Å². The van der Waals surface area contributed by atoms with Crippen LogP contribution in [0.25, 0.3) is 0 Å². The van der Waals surface area contributed by atoms with E-state index in [9.17, 15) is 9.59 Å². The molecule has 6 nitrogen and oxygen atoms in total. The number of furan rings is 1. The summed E-state index contributed by atoms with van der Waals surface area (Å²) < 4.78 is 5.34. The Kier molecular flexibility index (Phi) is 4.71. The normalized spacial score (nSPS) is 11.9. The van der Waals surface area contributed by atoms with Crippen molar-refractivity contribution in [3.63, 3.8) is 0 Å². The largest absolute Gasteiger partial charge is 0.464 e. The third-order valence-corrected chi connectivity index (χ3v) is 2.17. The third-order valence-electron chi connectivity index (χ3n) is 2.17. The van der Waals surface area contributed by atoms with Gasteiger partial charge in [0.1, 0.15) is 11.5 Å². The van der Waals surface area contributed by atoms with Gasteiger partial charge in [-0.1, -0.05) is 0 Å². The van der Waals surface area contributed by atoms with E-state index in [-0.39, 0.29) is 12.6 Å². The van der Waals surface area contributed by atoms with Crippen molar-refractivity contribution in [2.24, 2.45) is 5.73 Å². The second-order valence-corrected chi connectivity index (χ2v) is 3.69. The van der Waals surface area contributed by atoms with Crippen LogP contribution in [0.15, 0.2) is 16.5 Å². The summed E-state index contributed by atoms with van der Waals surface area (Å²) in [5.74, 6) is -0.0123. The minimum Gasteiger partial charge on any atom is -0.464 e.